The summed E-state index contributed by atoms with van der Waals surface area (Å²) in [6, 6.07) is 4.49. The Labute approximate surface area is 128 Å². The maximum Gasteiger partial charge on any atom is 0.238 e. The molecule has 4 nitrogen and oxygen atoms in total. The lowest BCUT2D eigenvalue weighted by atomic mass is 9.94. The molecule has 0 aliphatic carbocycles. The molecule has 1 amide bonds. The van der Waals surface area contributed by atoms with Gasteiger partial charge in [0.1, 0.15) is 5.82 Å². The Morgan fingerprint density at radius 2 is 2.33 bits per heavy atom. The Morgan fingerprint density at radius 1 is 1.48 bits per heavy atom. The Kier molecular flexibility index (Phi) is 4.42. The highest BCUT2D eigenvalue weighted by molar-refractivity contribution is 6.33. The molecule has 2 fully saturated rings. The third-order valence-corrected chi connectivity index (χ3v) is 4.56. The fourth-order valence-corrected chi connectivity index (χ4v) is 3.46. The smallest absolute Gasteiger partial charge is 0.238 e. The standard InChI is InChI=1S/C15H19ClFN3O/c16-12-6-11(17)3-4-13(12)19-15(21)9-20-7-10-2-1-5-18-14(10)8-20/h3-4,6,10,14,18H,1-2,5,7-9H2,(H,19,21)/t10-,14+/m0/s1. The van der Waals surface area contributed by atoms with Gasteiger partial charge in [0.15, 0.2) is 0 Å². The number of amides is 1. The minimum Gasteiger partial charge on any atom is -0.324 e. The van der Waals surface area contributed by atoms with Crippen LogP contribution in [-0.2, 0) is 4.79 Å². The Balaban J connectivity index is 1.55. The number of rotatable bonds is 3. The lowest BCUT2D eigenvalue weighted by Crippen LogP contribution is -2.41. The lowest BCUT2D eigenvalue weighted by molar-refractivity contribution is -0.117. The van der Waals surface area contributed by atoms with Crippen LogP contribution in [0.2, 0.25) is 5.02 Å². The minimum atomic E-state index is -0.410. The maximum absolute atomic E-state index is 13.0. The number of hydrogen-bond acceptors (Lipinski definition) is 3. The molecule has 0 unspecified atom stereocenters. The van der Waals surface area contributed by atoms with Crippen LogP contribution in [0, 0.1) is 11.7 Å². The molecule has 2 heterocycles. The largest absolute Gasteiger partial charge is 0.324 e. The van der Waals surface area contributed by atoms with E-state index in [1.54, 1.807) is 0 Å². The first-order chi connectivity index (χ1) is 10.1. The van der Waals surface area contributed by atoms with E-state index in [-0.39, 0.29) is 10.9 Å². The van der Waals surface area contributed by atoms with Gasteiger partial charge in [-0.25, -0.2) is 4.39 Å². The van der Waals surface area contributed by atoms with Crippen molar-refractivity contribution in [3.63, 3.8) is 0 Å². The van der Waals surface area contributed by atoms with E-state index in [0.717, 1.165) is 19.6 Å². The minimum absolute atomic E-state index is 0.109. The lowest BCUT2D eigenvalue weighted by Gasteiger charge is -2.24. The van der Waals surface area contributed by atoms with Crippen LogP contribution in [0.25, 0.3) is 0 Å². The number of benzene rings is 1. The summed E-state index contributed by atoms with van der Waals surface area (Å²) in [4.78, 5) is 14.3. The van der Waals surface area contributed by atoms with Crippen molar-refractivity contribution >= 4 is 23.2 Å². The van der Waals surface area contributed by atoms with Crippen LogP contribution in [0.3, 0.4) is 0 Å². The number of carbonyl (C=O) groups excluding carboxylic acids is 1. The van der Waals surface area contributed by atoms with Crippen LogP contribution < -0.4 is 10.6 Å². The van der Waals surface area contributed by atoms with Gasteiger partial charge in [0.2, 0.25) is 5.91 Å². The molecule has 3 rings (SSSR count). The van der Waals surface area contributed by atoms with Crippen molar-refractivity contribution in [2.45, 2.75) is 18.9 Å². The van der Waals surface area contributed by atoms with E-state index in [1.807, 2.05) is 0 Å². The molecule has 2 atom stereocenters. The molecule has 0 aromatic heterocycles. The third-order valence-electron chi connectivity index (χ3n) is 4.25. The zero-order chi connectivity index (χ0) is 14.8. The fraction of sp³-hybridized carbons (Fsp3) is 0.533. The summed E-state index contributed by atoms with van der Waals surface area (Å²) < 4.78 is 13.0. The SMILES string of the molecule is O=C(CN1C[C@@H]2CCCN[C@@H]2C1)Nc1ccc(F)cc1Cl. The first kappa shape index (κ1) is 14.8. The molecule has 6 heteroatoms. The van der Waals surface area contributed by atoms with Crippen LogP contribution in [0.1, 0.15) is 12.8 Å². The van der Waals surface area contributed by atoms with E-state index >= 15 is 0 Å². The molecule has 1 aromatic rings. The highest BCUT2D eigenvalue weighted by Crippen LogP contribution is 2.25. The highest BCUT2D eigenvalue weighted by Gasteiger charge is 2.34. The molecule has 0 spiro atoms. The second-order valence-corrected chi connectivity index (χ2v) is 6.24. The van der Waals surface area contributed by atoms with E-state index in [2.05, 4.69) is 15.5 Å². The van der Waals surface area contributed by atoms with E-state index in [1.165, 1.54) is 31.0 Å². The second-order valence-electron chi connectivity index (χ2n) is 5.83. The summed E-state index contributed by atoms with van der Waals surface area (Å²) in [6.07, 6.45) is 2.45. The second kappa shape index (κ2) is 6.30. The van der Waals surface area contributed by atoms with Crippen molar-refractivity contribution < 1.29 is 9.18 Å². The van der Waals surface area contributed by atoms with Gasteiger partial charge >= 0.3 is 0 Å². The topological polar surface area (TPSA) is 44.4 Å². The molecule has 114 valence electrons. The number of hydrogen-bond donors (Lipinski definition) is 2. The number of anilines is 1. The van der Waals surface area contributed by atoms with Gasteiger partial charge in [-0.2, -0.15) is 0 Å². The van der Waals surface area contributed by atoms with Crippen molar-refractivity contribution in [1.82, 2.24) is 10.2 Å². The maximum atomic E-state index is 13.0. The van der Waals surface area contributed by atoms with Gasteiger partial charge in [-0.15, -0.1) is 0 Å². The third kappa shape index (κ3) is 3.54. The van der Waals surface area contributed by atoms with Gasteiger partial charge in [-0.05, 0) is 43.5 Å². The number of carbonyl (C=O) groups is 1. The number of nitrogens with one attached hydrogen (secondary N) is 2. The Hall–Kier alpha value is -1.17. The van der Waals surface area contributed by atoms with Crippen molar-refractivity contribution in [2.24, 2.45) is 5.92 Å². The molecular formula is C15H19ClFN3O. The van der Waals surface area contributed by atoms with Crippen LogP contribution in [0.4, 0.5) is 10.1 Å². The molecule has 2 N–H and O–H groups in total. The highest BCUT2D eigenvalue weighted by atomic mass is 35.5. The summed E-state index contributed by atoms with van der Waals surface area (Å²) in [5.74, 6) is 0.135. The molecule has 1 aromatic carbocycles. The molecule has 0 saturated carbocycles. The summed E-state index contributed by atoms with van der Waals surface area (Å²) in [6.45, 7) is 3.30. The monoisotopic (exact) mass is 311 g/mol. The van der Waals surface area contributed by atoms with Crippen LogP contribution in [-0.4, -0.2) is 43.0 Å². The van der Waals surface area contributed by atoms with Crippen molar-refractivity contribution in [2.75, 3.05) is 31.5 Å². The van der Waals surface area contributed by atoms with Gasteiger partial charge in [0, 0.05) is 19.1 Å². The van der Waals surface area contributed by atoms with Crippen LogP contribution in [0.15, 0.2) is 18.2 Å². The van der Waals surface area contributed by atoms with Gasteiger partial charge in [-0.1, -0.05) is 11.6 Å². The van der Waals surface area contributed by atoms with E-state index in [0.29, 0.717) is 24.2 Å². The quantitative estimate of drug-likeness (QED) is 0.898. The van der Waals surface area contributed by atoms with Crippen molar-refractivity contribution in [3.8, 4) is 0 Å². The average Bonchev–Trinajstić information content (AvgIpc) is 2.84. The average molecular weight is 312 g/mol. The summed E-state index contributed by atoms with van der Waals surface area (Å²) in [5, 5.41) is 6.48. The Morgan fingerprint density at radius 3 is 3.10 bits per heavy atom. The van der Waals surface area contributed by atoms with E-state index in [9.17, 15) is 9.18 Å². The zero-order valence-electron chi connectivity index (χ0n) is 11.7. The summed E-state index contributed by atoms with van der Waals surface area (Å²) >= 11 is 5.91. The molecule has 2 aliphatic rings. The van der Waals surface area contributed by atoms with Gasteiger partial charge in [0.05, 0.1) is 17.3 Å². The molecule has 0 radical (unpaired) electrons. The van der Waals surface area contributed by atoms with Crippen molar-refractivity contribution in [3.05, 3.63) is 29.0 Å². The molecule has 2 aliphatic heterocycles. The molecular weight excluding hydrogens is 293 g/mol. The molecule has 0 bridgehead atoms. The summed E-state index contributed by atoms with van der Waals surface area (Å²) in [5.41, 5.74) is 0.456. The normalized spacial score (nSPS) is 25.6. The first-order valence-corrected chi connectivity index (χ1v) is 7.70. The van der Waals surface area contributed by atoms with Gasteiger partial charge in [0.25, 0.3) is 0 Å². The molecule has 2 saturated heterocycles. The molecule has 21 heavy (non-hydrogen) atoms. The summed E-state index contributed by atoms with van der Waals surface area (Å²) in [7, 11) is 0. The van der Waals surface area contributed by atoms with Crippen LogP contribution >= 0.6 is 11.6 Å². The first-order valence-electron chi connectivity index (χ1n) is 7.32. The number of likely N-dealkylation sites (tertiary alicyclic amines) is 1. The van der Waals surface area contributed by atoms with Crippen LogP contribution in [0.5, 0.6) is 0 Å². The predicted molar refractivity (Wildman–Crippen MR) is 81.0 cm³/mol. The number of halogens is 2. The predicted octanol–water partition coefficient (Wildman–Crippen LogP) is 2.10. The number of fused-ring (bicyclic) bond motifs is 1. The zero-order valence-corrected chi connectivity index (χ0v) is 12.5. The Bertz CT molecular complexity index is 526. The van der Waals surface area contributed by atoms with E-state index in [4.69, 9.17) is 11.6 Å². The fourth-order valence-electron chi connectivity index (χ4n) is 3.25. The number of piperidine rings is 1. The number of nitrogens with zero attached hydrogens (tertiary/aromatic N) is 1. The van der Waals surface area contributed by atoms with E-state index < -0.39 is 5.82 Å². The van der Waals surface area contributed by atoms with Gasteiger partial charge < -0.3 is 10.6 Å². The van der Waals surface area contributed by atoms with Gasteiger partial charge in [-0.3, -0.25) is 9.69 Å². The van der Waals surface area contributed by atoms with Crippen molar-refractivity contribution in [1.29, 1.82) is 0 Å².